The third kappa shape index (κ3) is 4.18. The molecule has 7 heteroatoms. The number of likely N-dealkylation sites (tertiary alicyclic amines) is 1. The van der Waals surface area contributed by atoms with E-state index in [1.807, 2.05) is 18.0 Å². The van der Waals surface area contributed by atoms with E-state index in [1.165, 1.54) is 12.1 Å². The average Bonchev–Trinajstić information content (AvgIpc) is 2.75. The first kappa shape index (κ1) is 20.8. The van der Waals surface area contributed by atoms with E-state index in [4.69, 9.17) is 0 Å². The Hall–Kier alpha value is -2.51. The summed E-state index contributed by atoms with van der Waals surface area (Å²) in [6.07, 6.45) is 7.48. The summed E-state index contributed by atoms with van der Waals surface area (Å²) in [6, 6.07) is 5.21. The van der Waals surface area contributed by atoms with Gasteiger partial charge in [0.15, 0.2) is 17.4 Å². The Kier molecular flexibility index (Phi) is 6.01. The molecule has 0 spiro atoms. The molecule has 0 aliphatic carbocycles. The van der Waals surface area contributed by atoms with Gasteiger partial charge in [-0.15, -0.1) is 0 Å². The maximum absolute atomic E-state index is 13.1. The van der Waals surface area contributed by atoms with Crippen molar-refractivity contribution in [1.82, 2.24) is 14.7 Å². The molecule has 160 valence electrons. The first-order chi connectivity index (χ1) is 14.4. The van der Waals surface area contributed by atoms with Crippen LogP contribution in [-0.2, 0) is 4.79 Å². The van der Waals surface area contributed by atoms with Crippen LogP contribution >= 0.6 is 0 Å². The van der Waals surface area contributed by atoms with Crippen molar-refractivity contribution in [2.75, 3.05) is 33.4 Å². The number of carbonyl (C=O) groups is 2. The highest BCUT2D eigenvalue weighted by Gasteiger charge is 2.40. The Balaban J connectivity index is 1.28. The van der Waals surface area contributed by atoms with E-state index < -0.39 is 6.04 Å². The number of fused-ring (bicyclic) bond motifs is 1. The molecule has 3 heterocycles. The molecule has 2 saturated heterocycles. The molecule has 4 rings (SSSR count). The number of likely N-dealkylation sites (N-methyl/N-ethyl adjacent to an activating group) is 1. The van der Waals surface area contributed by atoms with Gasteiger partial charge in [-0.1, -0.05) is 12.2 Å². The Labute approximate surface area is 176 Å². The van der Waals surface area contributed by atoms with Crippen LogP contribution in [0.5, 0.6) is 0 Å². The number of hydrogen-bond donors (Lipinski definition) is 1. The predicted octanol–water partition coefficient (Wildman–Crippen LogP) is 2.59. The maximum atomic E-state index is 13.1. The summed E-state index contributed by atoms with van der Waals surface area (Å²) in [5.41, 5.74) is 0.576. The normalized spacial score (nSPS) is 25.9. The van der Waals surface area contributed by atoms with Crippen LogP contribution in [0, 0.1) is 11.7 Å². The van der Waals surface area contributed by atoms with Crippen molar-refractivity contribution in [3.8, 4) is 0 Å². The molecule has 0 radical (unpaired) electrons. The summed E-state index contributed by atoms with van der Waals surface area (Å²) >= 11 is 0. The molecule has 1 N–H and O–H groups in total. The number of rotatable bonds is 5. The van der Waals surface area contributed by atoms with E-state index in [0.717, 1.165) is 38.9 Å². The lowest BCUT2D eigenvalue weighted by atomic mass is 9.88. The Morgan fingerprint density at radius 2 is 1.90 bits per heavy atom. The zero-order valence-corrected chi connectivity index (χ0v) is 17.2. The second kappa shape index (κ2) is 8.70. The zero-order chi connectivity index (χ0) is 21.3. The van der Waals surface area contributed by atoms with Gasteiger partial charge >= 0.3 is 0 Å². The van der Waals surface area contributed by atoms with Gasteiger partial charge in [0, 0.05) is 18.0 Å². The van der Waals surface area contributed by atoms with E-state index in [-0.39, 0.29) is 35.2 Å². The fraction of sp³-hybridized carbons (Fsp3) is 0.478. The molecule has 6 nitrogen and oxygen atoms in total. The van der Waals surface area contributed by atoms with Gasteiger partial charge in [-0.3, -0.25) is 14.5 Å². The number of benzene rings is 1. The Morgan fingerprint density at radius 3 is 2.60 bits per heavy atom. The highest BCUT2D eigenvalue weighted by Crippen LogP contribution is 2.26. The summed E-state index contributed by atoms with van der Waals surface area (Å²) in [7, 11) is 1.91. The van der Waals surface area contributed by atoms with E-state index in [1.54, 1.807) is 29.2 Å². The molecule has 2 unspecified atom stereocenters. The van der Waals surface area contributed by atoms with Crippen LogP contribution < -0.4 is 0 Å². The van der Waals surface area contributed by atoms with Crippen LogP contribution in [0.4, 0.5) is 4.39 Å². The summed E-state index contributed by atoms with van der Waals surface area (Å²) in [5, 5.41) is 10.0. The standard InChI is InChI=1S/C23H28FN3O3/c1-25-15-27-20(3-2-4-21(27)28)23(30)19(25)11-14-26-12-9-17(10-13-26)22(29)16-5-7-18(24)8-6-16/h2-8,17,19-20,28H,9-15H2,1H3. The van der Waals surface area contributed by atoms with Crippen LogP contribution in [0.1, 0.15) is 29.6 Å². The summed E-state index contributed by atoms with van der Waals surface area (Å²) < 4.78 is 13.1. The predicted molar refractivity (Wildman–Crippen MR) is 111 cm³/mol. The second-order valence-electron chi connectivity index (χ2n) is 8.42. The van der Waals surface area contributed by atoms with Crippen LogP contribution in [0.2, 0.25) is 0 Å². The summed E-state index contributed by atoms with van der Waals surface area (Å²) in [4.78, 5) is 31.6. The van der Waals surface area contributed by atoms with E-state index in [0.29, 0.717) is 12.2 Å². The molecular formula is C23H28FN3O3. The number of allylic oxidation sites excluding steroid dienone is 2. The molecule has 1 aromatic rings. The van der Waals surface area contributed by atoms with Gasteiger partial charge in [0.25, 0.3) is 0 Å². The van der Waals surface area contributed by atoms with Crippen LogP contribution in [0.25, 0.3) is 0 Å². The number of aliphatic hydroxyl groups excluding tert-OH is 1. The SMILES string of the molecule is CN1CN2C(O)=CC=CC2C(=O)C1CCN1CCC(C(=O)c2ccc(F)cc2)CC1. The largest absolute Gasteiger partial charge is 0.495 e. The van der Waals surface area contributed by atoms with E-state index >= 15 is 0 Å². The monoisotopic (exact) mass is 413 g/mol. The first-order valence-electron chi connectivity index (χ1n) is 10.5. The number of ketones is 2. The number of nitrogens with zero attached hydrogens (tertiary/aromatic N) is 3. The van der Waals surface area contributed by atoms with Crippen LogP contribution in [-0.4, -0.2) is 76.8 Å². The highest BCUT2D eigenvalue weighted by molar-refractivity contribution is 5.97. The van der Waals surface area contributed by atoms with Gasteiger partial charge in [-0.2, -0.15) is 0 Å². The van der Waals surface area contributed by atoms with Crippen molar-refractivity contribution in [3.63, 3.8) is 0 Å². The number of hydrogen-bond acceptors (Lipinski definition) is 6. The lowest BCUT2D eigenvalue weighted by Gasteiger charge is -2.44. The number of carbonyl (C=O) groups excluding carboxylic acids is 2. The van der Waals surface area contributed by atoms with Crippen LogP contribution in [0.15, 0.2) is 48.4 Å². The maximum Gasteiger partial charge on any atom is 0.188 e. The zero-order valence-electron chi connectivity index (χ0n) is 17.2. The van der Waals surface area contributed by atoms with Gasteiger partial charge in [0.05, 0.1) is 12.7 Å². The van der Waals surface area contributed by atoms with Gasteiger partial charge < -0.3 is 14.9 Å². The Morgan fingerprint density at radius 1 is 1.20 bits per heavy atom. The average molecular weight is 413 g/mol. The Bertz CT molecular complexity index is 859. The quantitative estimate of drug-likeness (QED) is 0.749. The van der Waals surface area contributed by atoms with Crippen molar-refractivity contribution in [2.45, 2.75) is 31.3 Å². The molecule has 0 aromatic heterocycles. The molecule has 1 aromatic carbocycles. The van der Waals surface area contributed by atoms with Gasteiger partial charge in [0.1, 0.15) is 11.9 Å². The number of Topliss-reactive ketones (excluding diaryl/α,β-unsaturated/α-hetero) is 2. The van der Waals surface area contributed by atoms with Crippen molar-refractivity contribution < 1.29 is 19.1 Å². The topological polar surface area (TPSA) is 64.1 Å². The van der Waals surface area contributed by atoms with E-state index in [9.17, 15) is 19.1 Å². The van der Waals surface area contributed by atoms with Crippen molar-refractivity contribution in [2.24, 2.45) is 5.92 Å². The van der Waals surface area contributed by atoms with Gasteiger partial charge in [-0.05, 0) is 69.7 Å². The lowest BCUT2D eigenvalue weighted by Crippen LogP contribution is -2.60. The van der Waals surface area contributed by atoms with Crippen molar-refractivity contribution in [1.29, 1.82) is 0 Å². The molecule has 2 fully saturated rings. The molecule has 0 saturated carbocycles. The molecule has 0 amide bonds. The minimum atomic E-state index is -0.393. The molecule has 3 aliphatic rings. The van der Waals surface area contributed by atoms with Crippen LogP contribution in [0.3, 0.4) is 0 Å². The molecule has 3 aliphatic heterocycles. The fourth-order valence-corrected chi connectivity index (χ4v) is 4.69. The summed E-state index contributed by atoms with van der Waals surface area (Å²) in [6.45, 7) is 2.96. The first-order valence-corrected chi connectivity index (χ1v) is 10.5. The van der Waals surface area contributed by atoms with Crippen molar-refractivity contribution in [3.05, 3.63) is 59.8 Å². The molecule has 0 bridgehead atoms. The third-order valence-corrected chi connectivity index (χ3v) is 6.50. The summed E-state index contributed by atoms with van der Waals surface area (Å²) in [5.74, 6) is -0.0213. The smallest absolute Gasteiger partial charge is 0.188 e. The number of piperidine rings is 1. The van der Waals surface area contributed by atoms with E-state index in [2.05, 4.69) is 4.90 Å². The molecular weight excluding hydrogens is 385 g/mol. The fourth-order valence-electron chi connectivity index (χ4n) is 4.69. The lowest BCUT2D eigenvalue weighted by molar-refractivity contribution is -0.135. The van der Waals surface area contributed by atoms with Crippen molar-refractivity contribution >= 4 is 11.6 Å². The van der Waals surface area contributed by atoms with Gasteiger partial charge in [-0.25, -0.2) is 4.39 Å². The number of halogens is 1. The minimum absolute atomic E-state index is 0.0265. The highest BCUT2D eigenvalue weighted by atomic mass is 19.1. The van der Waals surface area contributed by atoms with Gasteiger partial charge in [0.2, 0.25) is 0 Å². The second-order valence-corrected chi connectivity index (χ2v) is 8.42. The number of aliphatic hydroxyl groups is 1. The molecule has 30 heavy (non-hydrogen) atoms. The molecule has 2 atom stereocenters. The third-order valence-electron chi connectivity index (χ3n) is 6.50. The minimum Gasteiger partial charge on any atom is -0.495 e.